The third-order valence-corrected chi connectivity index (χ3v) is 4.56. The van der Waals surface area contributed by atoms with Crippen molar-refractivity contribution in [2.45, 2.75) is 51.5 Å². The van der Waals surface area contributed by atoms with Gasteiger partial charge in [0.1, 0.15) is 6.29 Å². The summed E-state index contributed by atoms with van der Waals surface area (Å²) >= 11 is 1.57. The molecular formula is C14H20N2O2S. The van der Waals surface area contributed by atoms with Crippen molar-refractivity contribution < 1.29 is 9.59 Å². The van der Waals surface area contributed by atoms with Gasteiger partial charge in [-0.1, -0.05) is 0 Å². The summed E-state index contributed by atoms with van der Waals surface area (Å²) in [5, 5.41) is 4.09. The molecule has 1 saturated carbocycles. The molecule has 1 aromatic rings. The third kappa shape index (κ3) is 4.42. The van der Waals surface area contributed by atoms with E-state index in [0.29, 0.717) is 18.8 Å². The maximum Gasteiger partial charge on any atom is 0.225 e. The van der Waals surface area contributed by atoms with Crippen LogP contribution in [-0.2, 0) is 16.0 Å². The van der Waals surface area contributed by atoms with Gasteiger partial charge in [-0.2, -0.15) is 0 Å². The Morgan fingerprint density at radius 1 is 1.47 bits per heavy atom. The SMILES string of the molecule is Cc1ncc(CC(=O)NC2CCC(CC=O)CC2)s1. The summed E-state index contributed by atoms with van der Waals surface area (Å²) in [6.45, 7) is 1.94. The number of amides is 1. The molecule has 0 aliphatic heterocycles. The highest BCUT2D eigenvalue weighted by molar-refractivity contribution is 7.11. The standard InChI is InChI=1S/C14H20N2O2S/c1-10-15-9-13(19-10)8-14(18)16-12-4-2-11(3-5-12)6-7-17/h7,9,11-12H,2-6,8H2,1H3,(H,16,18). The third-order valence-electron chi connectivity index (χ3n) is 3.65. The Hall–Kier alpha value is -1.23. The number of hydrogen-bond acceptors (Lipinski definition) is 4. The Morgan fingerprint density at radius 3 is 2.79 bits per heavy atom. The van der Waals surface area contributed by atoms with E-state index in [-0.39, 0.29) is 11.9 Å². The van der Waals surface area contributed by atoms with E-state index >= 15 is 0 Å². The van der Waals surface area contributed by atoms with Crippen LogP contribution in [0, 0.1) is 12.8 Å². The van der Waals surface area contributed by atoms with Crippen LogP contribution in [0.1, 0.15) is 42.0 Å². The monoisotopic (exact) mass is 280 g/mol. The maximum absolute atomic E-state index is 11.9. The highest BCUT2D eigenvalue weighted by Crippen LogP contribution is 2.26. The maximum atomic E-state index is 11.9. The number of aldehydes is 1. The van der Waals surface area contributed by atoms with Crippen molar-refractivity contribution in [3.8, 4) is 0 Å². The zero-order chi connectivity index (χ0) is 13.7. The number of aromatic nitrogens is 1. The van der Waals surface area contributed by atoms with Gasteiger partial charge in [0.05, 0.1) is 11.4 Å². The van der Waals surface area contributed by atoms with Crippen LogP contribution in [-0.4, -0.2) is 23.2 Å². The fourth-order valence-electron chi connectivity index (χ4n) is 2.60. The average Bonchev–Trinajstić information content (AvgIpc) is 2.77. The van der Waals surface area contributed by atoms with Gasteiger partial charge in [-0.05, 0) is 38.5 Å². The normalized spacial score (nSPS) is 23.0. The minimum Gasteiger partial charge on any atom is -0.353 e. The summed E-state index contributed by atoms with van der Waals surface area (Å²) in [6, 6.07) is 0.282. The number of nitrogens with one attached hydrogen (secondary N) is 1. The second kappa shape index (κ2) is 6.80. The van der Waals surface area contributed by atoms with Gasteiger partial charge in [-0.25, -0.2) is 4.98 Å². The molecule has 1 amide bonds. The van der Waals surface area contributed by atoms with Crippen molar-refractivity contribution in [3.63, 3.8) is 0 Å². The van der Waals surface area contributed by atoms with Gasteiger partial charge in [0.2, 0.25) is 5.91 Å². The lowest BCUT2D eigenvalue weighted by atomic mass is 9.84. The Balaban J connectivity index is 1.73. The minimum atomic E-state index is 0.0856. The molecule has 1 heterocycles. The first-order valence-electron chi connectivity index (χ1n) is 6.81. The second-order valence-corrected chi connectivity index (χ2v) is 6.53. The van der Waals surface area contributed by atoms with Crippen LogP contribution in [0.15, 0.2) is 6.20 Å². The van der Waals surface area contributed by atoms with E-state index in [0.717, 1.165) is 41.9 Å². The lowest BCUT2D eigenvalue weighted by Crippen LogP contribution is -2.38. The first-order chi connectivity index (χ1) is 9.17. The fourth-order valence-corrected chi connectivity index (χ4v) is 3.40. The summed E-state index contributed by atoms with van der Waals surface area (Å²) in [6.07, 6.45) is 7.96. The van der Waals surface area contributed by atoms with Crippen LogP contribution in [0.3, 0.4) is 0 Å². The number of carbonyl (C=O) groups excluding carboxylic acids is 2. The number of carbonyl (C=O) groups is 2. The van der Waals surface area contributed by atoms with Crippen molar-refractivity contribution in [3.05, 3.63) is 16.1 Å². The van der Waals surface area contributed by atoms with Crippen LogP contribution < -0.4 is 5.32 Å². The van der Waals surface area contributed by atoms with Gasteiger partial charge >= 0.3 is 0 Å². The van der Waals surface area contributed by atoms with Crippen LogP contribution in [0.4, 0.5) is 0 Å². The molecule has 1 aromatic heterocycles. The second-order valence-electron chi connectivity index (χ2n) is 5.21. The lowest BCUT2D eigenvalue weighted by Gasteiger charge is -2.28. The van der Waals surface area contributed by atoms with Crippen molar-refractivity contribution in [1.82, 2.24) is 10.3 Å². The molecule has 5 heteroatoms. The molecule has 0 aromatic carbocycles. The Labute approximate surface area is 117 Å². The molecule has 4 nitrogen and oxygen atoms in total. The average molecular weight is 280 g/mol. The molecule has 1 N–H and O–H groups in total. The molecule has 1 fully saturated rings. The van der Waals surface area contributed by atoms with E-state index < -0.39 is 0 Å². The highest BCUT2D eigenvalue weighted by atomic mass is 32.1. The fraction of sp³-hybridized carbons (Fsp3) is 0.643. The predicted octanol–water partition coefficient (Wildman–Crippen LogP) is 2.26. The Bertz CT molecular complexity index is 436. The lowest BCUT2D eigenvalue weighted by molar-refractivity contribution is -0.121. The molecule has 1 aliphatic carbocycles. The van der Waals surface area contributed by atoms with E-state index in [1.165, 1.54) is 0 Å². The zero-order valence-electron chi connectivity index (χ0n) is 11.2. The van der Waals surface area contributed by atoms with E-state index in [1.807, 2.05) is 6.92 Å². The van der Waals surface area contributed by atoms with Crippen molar-refractivity contribution in [2.24, 2.45) is 5.92 Å². The van der Waals surface area contributed by atoms with E-state index in [1.54, 1.807) is 17.5 Å². The first kappa shape index (κ1) is 14.2. The molecule has 0 atom stereocenters. The summed E-state index contributed by atoms with van der Waals surface area (Å²) in [4.78, 5) is 27.5. The Kier molecular flexibility index (Phi) is 5.07. The minimum absolute atomic E-state index is 0.0856. The van der Waals surface area contributed by atoms with Gasteiger partial charge in [0, 0.05) is 23.5 Å². The summed E-state index contributed by atoms with van der Waals surface area (Å²) < 4.78 is 0. The quantitative estimate of drug-likeness (QED) is 0.842. The molecular weight excluding hydrogens is 260 g/mol. The molecule has 0 bridgehead atoms. The van der Waals surface area contributed by atoms with Gasteiger partial charge in [0.15, 0.2) is 0 Å². The van der Waals surface area contributed by atoms with E-state index in [4.69, 9.17) is 0 Å². The van der Waals surface area contributed by atoms with Gasteiger partial charge in [-0.3, -0.25) is 4.79 Å². The number of aryl methyl sites for hydroxylation is 1. The first-order valence-corrected chi connectivity index (χ1v) is 7.63. The van der Waals surface area contributed by atoms with Crippen molar-refractivity contribution >= 4 is 23.5 Å². The Morgan fingerprint density at radius 2 is 2.21 bits per heavy atom. The molecule has 0 spiro atoms. The van der Waals surface area contributed by atoms with E-state index in [2.05, 4.69) is 10.3 Å². The molecule has 104 valence electrons. The predicted molar refractivity (Wildman–Crippen MR) is 75.1 cm³/mol. The molecule has 0 saturated heterocycles. The number of nitrogens with zero attached hydrogens (tertiary/aromatic N) is 1. The molecule has 2 rings (SSSR count). The summed E-state index contributed by atoms with van der Waals surface area (Å²) in [5.41, 5.74) is 0. The zero-order valence-corrected chi connectivity index (χ0v) is 12.0. The molecule has 19 heavy (non-hydrogen) atoms. The number of thiazole rings is 1. The van der Waals surface area contributed by atoms with Gasteiger partial charge < -0.3 is 10.1 Å². The van der Waals surface area contributed by atoms with Crippen LogP contribution >= 0.6 is 11.3 Å². The van der Waals surface area contributed by atoms with Gasteiger partial charge in [0.25, 0.3) is 0 Å². The largest absolute Gasteiger partial charge is 0.353 e. The summed E-state index contributed by atoms with van der Waals surface area (Å²) in [5.74, 6) is 0.609. The molecule has 0 radical (unpaired) electrons. The molecule has 0 unspecified atom stereocenters. The van der Waals surface area contributed by atoms with Crippen molar-refractivity contribution in [2.75, 3.05) is 0 Å². The van der Waals surface area contributed by atoms with Crippen LogP contribution in [0.5, 0.6) is 0 Å². The van der Waals surface area contributed by atoms with Crippen molar-refractivity contribution in [1.29, 1.82) is 0 Å². The number of hydrogen-bond donors (Lipinski definition) is 1. The van der Waals surface area contributed by atoms with Gasteiger partial charge in [-0.15, -0.1) is 11.3 Å². The smallest absolute Gasteiger partial charge is 0.225 e. The topological polar surface area (TPSA) is 59.1 Å². The molecule has 1 aliphatic rings. The highest BCUT2D eigenvalue weighted by Gasteiger charge is 2.22. The summed E-state index contributed by atoms with van der Waals surface area (Å²) in [7, 11) is 0. The van der Waals surface area contributed by atoms with Crippen LogP contribution in [0.2, 0.25) is 0 Å². The number of rotatable bonds is 5. The van der Waals surface area contributed by atoms with E-state index in [9.17, 15) is 9.59 Å². The van der Waals surface area contributed by atoms with Crippen LogP contribution in [0.25, 0.3) is 0 Å².